The van der Waals surface area contributed by atoms with Crippen LogP contribution in [-0.4, -0.2) is 45.2 Å². The lowest BCUT2D eigenvalue weighted by molar-refractivity contribution is -0.128. The third kappa shape index (κ3) is 3.94. The van der Waals surface area contributed by atoms with Crippen LogP contribution in [0.1, 0.15) is 52.5 Å². The molecule has 28 heavy (non-hydrogen) atoms. The molecule has 1 aromatic carbocycles. The van der Waals surface area contributed by atoms with Crippen LogP contribution in [0.3, 0.4) is 0 Å². The fourth-order valence-electron chi connectivity index (χ4n) is 4.09. The Labute approximate surface area is 172 Å². The van der Waals surface area contributed by atoms with Crippen molar-refractivity contribution in [2.24, 2.45) is 5.73 Å². The largest absolute Gasteiger partial charge is 0.476 e. The Morgan fingerprint density at radius 3 is 2.96 bits per heavy atom. The average molecular weight is 418 g/mol. The van der Waals surface area contributed by atoms with E-state index in [2.05, 4.69) is 23.2 Å². The molecule has 6 nitrogen and oxygen atoms in total. The molecule has 148 valence electrons. The van der Waals surface area contributed by atoms with Gasteiger partial charge in [-0.15, -0.1) is 11.3 Å². The zero-order valence-electron chi connectivity index (χ0n) is 15.5. The van der Waals surface area contributed by atoms with Crippen molar-refractivity contribution in [1.82, 2.24) is 9.88 Å². The minimum Gasteiger partial charge on any atom is -0.476 e. The van der Waals surface area contributed by atoms with Crippen molar-refractivity contribution in [2.75, 3.05) is 12.3 Å². The Morgan fingerprint density at radius 1 is 1.36 bits per heavy atom. The molecule has 8 heteroatoms. The van der Waals surface area contributed by atoms with Crippen molar-refractivity contribution in [3.05, 3.63) is 46.0 Å². The molecule has 1 aromatic heterocycles. The molecule has 4 rings (SSSR count). The number of carboxylic acid groups (broad SMARTS) is 1. The van der Waals surface area contributed by atoms with E-state index in [0.29, 0.717) is 23.1 Å². The summed E-state index contributed by atoms with van der Waals surface area (Å²) >= 11 is 2.80. The second-order valence-electron chi connectivity index (χ2n) is 7.25. The number of carboxylic acids is 1. The standard InChI is InChI=1S/C20H23N3O3S2/c21-18(14-5-4-12-2-1-3-13(12)10-14)16-6-7-17(24)23(16)8-9-27-20-22-15(11-28-20)19(25)26/h4-5,10-11,16,18H,1-3,6-9,21H2,(H,25,26)/t16-,18?/m1/s1. The number of thioether (sulfide) groups is 1. The van der Waals surface area contributed by atoms with Gasteiger partial charge < -0.3 is 15.7 Å². The van der Waals surface area contributed by atoms with Gasteiger partial charge in [0.15, 0.2) is 10.0 Å². The van der Waals surface area contributed by atoms with Gasteiger partial charge in [0.25, 0.3) is 0 Å². The van der Waals surface area contributed by atoms with Crippen LogP contribution in [0.25, 0.3) is 0 Å². The first kappa shape index (κ1) is 19.4. The fourth-order valence-corrected chi connectivity index (χ4v) is 5.90. The summed E-state index contributed by atoms with van der Waals surface area (Å²) in [5.41, 5.74) is 10.6. The van der Waals surface area contributed by atoms with Crippen LogP contribution in [0.4, 0.5) is 0 Å². The van der Waals surface area contributed by atoms with Gasteiger partial charge in [-0.2, -0.15) is 0 Å². The molecule has 2 atom stereocenters. The summed E-state index contributed by atoms with van der Waals surface area (Å²) in [7, 11) is 0. The minimum atomic E-state index is -1.02. The van der Waals surface area contributed by atoms with E-state index < -0.39 is 5.97 Å². The van der Waals surface area contributed by atoms with Crippen LogP contribution in [0, 0.1) is 0 Å². The van der Waals surface area contributed by atoms with Crippen molar-refractivity contribution in [3.63, 3.8) is 0 Å². The predicted octanol–water partition coefficient (Wildman–Crippen LogP) is 3.11. The molecule has 1 unspecified atom stereocenters. The van der Waals surface area contributed by atoms with Crippen molar-refractivity contribution in [3.8, 4) is 0 Å². The van der Waals surface area contributed by atoms with Crippen LogP contribution in [0.15, 0.2) is 27.9 Å². The number of benzene rings is 1. The summed E-state index contributed by atoms with van der Waals surface area (Å²) in [5, 5.41) is 10.5. The molecule has 0 spiro atoms. The fraction of sp³-hybridized carbons (Fsp3) is 0.450. The first-order valence-electron chi connectivity index (χ1n) is 9.51. The topological polar surface area (TPSA) is 96.5 Å². The van der Waals surface area contributed by atoms with Gasteiger partial charge in [-0.05, 0) is 42.4 Å². The maximum absolute atomic E-state index is 12.4. The van der Waals surface area contributed by atoms with Crippen LogP contribution in [-0.2, 0) is 17.6 Å². The van der Waals surface area contributed by atoms with E-state index in [-0.39, 0.29) is 23.7 Å². The Morgan fingerprint density at radius 2 is 2.18 bits per heavy atom. The van der Waals surface area contributed by atoms with Gasteiger partial charge in [0.1, 0.15) is 0 Å². The third-order valence-corrected chi connectivity index (χ3v) is 7.56. The lowest BCUT2D eigenvalue weighted by atomic mass is 9.95. The van der Waals surface area contributed by atoms with Gasteiger partial charge in [-0.3, -0.25) is 4.79 Å². The maximum Gasteiger partial charge on any atom is 0.355 e. The second-order valence-corrected chi connectivity index (χ2v) is 9.45. The van der Waals surface area contributed by atoms with Gasteiger partial charge in [0, 0.05) is 24.1 Å². The molecule has 1 fully saturated rings. The smallest absolute Gasteiger partial charge is 0.355 e. The Hall–Kier alpha value is -1.90. The molecule has 2 aromatic rings. The van der Waals surface area contributed by atoms with Crippen LogP contribution in [0.2, 0.25) is 0 Å². The highest BCUT2D eigenvalue weighted by Gasteiger charge is 2.35. The maximum atomic E-state index is 12.4. The van der Waals surface area contributed by atoms with Crippen molar-refractivity contribution in [1.29, 1.82) is 0 Å². The van der Waals surface area contributed by atoms with E-state index in [1.54, 1.807) is 0 Å². The predicted molar refractivity (Wildman–Crippen MR) is 110 cm³/mol. The number of aromatic nitrogens is 1. The van der Waals surface area contributed by atoms with Crippen LogP contribution < -0.4 is 5.73 Å². The molecule has 1 saturated heterocycles. The minimum absolute atomic E-state index is 0.0124. The monoisotopic (exact) mass is 417 g/mol. The Balaban J connectivity index is 1.39. The van der Waals surface area contributed by atoms with Gasteiger partial charge in [-0.1, -0.05) is 30.0 Å². The first-order chi connectivity index (χ1) is 13.5. The molecule has 2 heterocycles. The average Bonchev–Trinajstić information content (AvgIpc) is 3.41. The highest BCUT2D eigenvalue weighted by molar-refractivity contribution is 8.01. The molecule has 1 amide bonds. The third-order valence-electron chi connectivity index (χ3n) is 5.56. The van der Waals surface area contributed by atoms with Crippen LogP contribution >= 0.6 is 23.1 Å². The number of hydrogen-bond donors (Lipinski definition) is 2. The summed E-state index contributed by atoms with van der Waals surface area (Å²) < 4.78 is 0.712. The molecule has 0 saturated carbocycles. The summed E-state index contributed by atoms with van der Waals surface area (Å²) in [5.74, 6) is -0.197. The second kappa shape index (κ2) is 8.23. The first-order valence-corrected chi connectivity index (χ1v) is 11.4. The Bertz CT molecular complexity index is 899. The highest BCUT2D eigenvalue weighted by Crippen LogP contribution is 2.32. The van der Waals surface area contributed by atoms with Gasteiger partial charge in [-0.25, -0.2) is 9.78 Å². The van der Waals surface area contributed by atoms with E-state index in [1.165, 1.54) is 46.0 Å². The van der Waals surface area contributed by atoms with E-state index in [4.69, 9.17) is 10.8 Å². The SMILES string of the molecule is NC(c1ccc2c(c1)CCC2)[C@H]1CCC(=O)N1CCSc1nc(C(=O)O)cs1. The summed E-state index contributed by atoms with van der Waals surface area (Å²) in [6.45, 7) is 0.592. The van der Waals surface area contributed by atoms with Crippen molar-refractivity contribution in [2.45, 2.75) is 48.5 Å². The van der Waals surface area contributed by atoms with Gasteiger partial charge in [0.05, 0.1) is 12.1 Å². The van der Waals surface area contributed by atoms with Gasteiger partial charge in [0.2, 0.25) is 5.91 Å². The number of nitrogens with zero attached hydrogens (tertiary/aromatic N) is 2. The normalized spacial score (nSPS) is 19.8. The molecule has 2 aliphatic rings. The molecule has 0 bridgehead atoms. The van der Waals surface area contributed by atoms with E-state index in [1.807, 2.05) is 4.90 Å². The van der Waals surface area contributed by atoms with E-state index in [9.17, 15) is 9.59 Å². The number of fused-ring (bicyclic) bond motifs is 1. The number of likely N-dealkylation sites (tertiary alicyclic amines) is 1. The lowest BCUT2D eigenvalue weighted by Crippen LogP contribution is -2.41. The number of carbonyl (C=O) groups excluding carboxylic acids is 1. The number of rotatable bonds is 7. The molecular formula is C20H23N3O3S2. The number of hydrogen-bond acceptors (Lipinski definition) is 6. The summed E-state index contributed by atoms with van der Waals surface area (Å²) in [6, 6.07) is 6.37. The molecule has 0 radical (unpaired) electrons. The summed E-state index contributed by atoms with van der Waals surface area (Å²) in [6.07, 6.45) is 4.79. The van der Waals surface area contributed by atoms with E-state index >= 15 is 0 Å². The molecule has 3 N–H and O–H groups in total. The van der Waals surface area contributed by atoms with Crippen molar-refractivity contribution >= 4 is 35.0 Å². The zero-order valence-corrected chi connectivity index (χ0v) is 17.1. The highest BCUT2D eigenvalue weighted by atomic mass is 32.2. The lowest BCUT2D eigenvalue weighted by Gasteiger charge is -2.30. The van der Waals surface area contributed by atoms with Crippen molar-refractivity contribution < 1.29 is 14.7 Å². The number of aromatic carboxylic acids is 1. The number of thiazole rings is 1. The number of aryl methyl sites for hydroxylation is 2. The number of carbonyl (C=O) groups is 2. The molecule has 1 aliphatic heterocycles. The number of nitrogens with two attached hydrogens (primary N) is 1. The molecular weight excluding hydrogens is 394 g/mol. The zero-order chi connectivity index (χ0) is 19.7. The van der Waals surface area contributed by atoms with E-state index in [0.717, 1.165) is 24.8 Å². The van der Waals surface area contributed by atoms with Crippen LogP contribution in [0.5, 0.6) is 0 Å². The Kier molecular flexibility index (Phi) is 5.70. The van der Waals surface area contributed by atoms with Gasteiger partial charge >= 0.3 is 5.97 Å². The summed E-state index contributed by atoms with van der Waals surface area (Å²) in [4.78, 5) is 29.3. The quantitative estimate of drug-likeness (QED) is 0.672. The molecule has 1 aliphatic carbocycles. The number of amides is 1.